The molecule has 6 atom stereocenters. The van der Waals surface area contributed by atoms with Crippen LogP contribution in [-0.2, 0) is 0 Å². The van der Waals surface area contributed by atoms with Gasteiger partial charge in [-0.25, -0.2) is 0 Å². The van der Waals surface area contributed by atoms with Crippen LogP contribution in [0.25, 0.3) is 0 Å². The highest BCUT2D eigenvalue weighted by Gasteiger charge is 2.57. The predicted octanol–water partition coefficient (Wildman–Crippen LogP) is 4.27. The summed E-state index contributed by atoms with van der Waals surface area (Å²) >= 11 is 0. The van der Waals surface area contributed by atoms with Crippen LogP contribution < -0.4 is 0 Å². The Kier molecular flexibility index (Phi) is 1.79. The van der Waals surface area contributed by atoms with Crippen LogP contribution in [0, 0.1) is 40.9 Å². The van der Waals surface area contributed by atoms with Gasteiger partial charge in [-0.15, -0.1) is 0 Å². The fourth-order valence-electron chi connectivity index (χ4n) is 5.90. The minimum atomic E-state index is 0.677. The topological polar surface area (TPSA) is 0 Å². The zero-order valence-electron chi connectivity index (χ0n) is 10.7. The highest BCUT2D eigenvalue weighted by Crippen LogP contribution is 2.65. The quantitative estimate of drug-likeness (QED) is 0.574. The molecule has 0 aromatic carbocycles. The molecule has 6 unspecified atom stereocenters. The van der Waals surface area contributed by atoms with E-state index >= 15 is 0 Å². The summed E-state index contributed by atoms with van der Waals surface area (Å²) in [6.45, 7) is 5.11. The van der Waals surface area contributed by atoms with Gasteiger partial charge in [-0.2, -0.15) is 0 Å². The summed E-state index contributed by atoms with van der Waals surface area (Å²) in [6.07, 6.45) is 12.7. The van der Waals surface area contributed by atoms with Crippen molar-refractivity contribution in [2.45, 2.75) is 46.0 Å². The lowest BCUT2D eigenvalue weighted by Crippen LogP contribution is -2.27. The average Bonchev–Trinajstić information content (AvgIpc) is 2.98. The number of hydrogen-bond donors (Lipinski definition) is 0. The molecule has 3 fully saturated rings. The Bertz CT molecular complexity index is 338. The van der Waals surface area contributed by atoms with Gasteiger partial charge in [0.25, 0.3) is 0 Å². The van der Waals surface area contributed by atoms with Crippen molar-refractivity contribution in [2.75, 3.05) is 0 Å². The molecule has 4 aliphatic carbocycles. The van der Waals surface area contributed by atoms with Crippen molar-refractivity contribution in [2.24, 2.45) is 40.9 Å². The van der Waals surface area contributed by atoms with Crippen molar-refractivity contribution in [3.05, 3.63) is 12.2 Å². The summed E-state index contributed by atoms with van der Waals surface area (Å²) < 4.78 is 0. The van der Waals surface area contributed by atoms with Crippen molar-refractivity contribution in [1.29, 1.82) is 0 Å². The first kappa shape index (κ1) is 9.74. The average molecular weight is 216 g/mol. The number of hydrogen-bond acceptors (Lipinski definition) is 0. The fraction of sp³-hybridized carbons (Fsp3) is 0.875. The molecule has 0 heterocycles. The lowest BCUT2D eigenvalue weighted by Gasteiger charge is -2.33. The van der Waals surface area contributed by atoms with Gasteiger partial charge in [0.2, 0.25) is 0 Å². The first-order valence-electron chi connectivity index (χ1n) is 7.34. The third kappa shape index (κ3) is 1.07. The molecule has 0 N–H and O–H groups in total. The third-order valence-electron chi connectivity index (χ3n) is 6.79. The van der Waals surface area contributed by atoms with E-state index in [-0.39, 0.29) is 0 Å². The Hall–Kier alpha value is -0.260. The zero-order valence-corrected chi connectivity index (χ0v) is 10.7. The molecule has 88 valence electrons. The molecule has 0 aliphatic heterocycles. The molecular formula is C16H24. The first-order valence-corrected chi connectivity index (χ1v) is 7.34. The van der Waals surface area contributed by atoms with Crippen LogP contribution in [0.4, 0.5) is 0 Å². The molecule has 16 heavy (non-hydrogen) atoms. The highest BCUT2D eigenvalue weighted by molar-refractivity contribution is 5.14. The predicted molar refractivity (Wildman–Crippen MR) is 66.9 cm³/mol. The van der Waals surface area contributed by atoms with E-state index in [1.165, 1.54) is 19.3 Å². The Labute approximate surface area is 99.5 Å². The lowest BCUT2D eigenvalue weighted by atomic mass is 9.71. The molecule has 0 heteroatoms. The second-order valence-electron chi connectivity index (χ2n) is 7.55. The van der Waals surface area contributed by atoms with Gasteiger partial charge < -0.3 is 0 Å². The molecule has 0 saturated heterocycles. The molecule has 4 aliphatic rings. The molecule has 4 rings (SSSR count). The molecule has 0 aromatic heterocycles. The molecule has 0 amide bonds. The summed E-state index contributed by atoms with van der Waals surface area (Å²) in [5.41, 5.74) is 0.677. The number of fused-ring (bicyclic) bond motifs is 4. The van der Waals surface area contributed by atoms with Crippen LogP contribution in [0.15, 0.2) is 12.2 Å². The molecule has 0 radical (unpaired) electrons. The van der Waals surface area contributed by atoms with E-state index in [1.807, 2.05) is 0 Å². The van der Waals surface area contributed by atoms with E-state index in [2.05, 4.69) is 26.0 Å². The van der Waals surface area contributed by atoms with E-state index in [1.54, 1.807) is 12.8 Å². The van der Waals surface area contributed by atoms with E-state index in [4.69, 9.17) is 0 Å². The van der Waals surface area contributed by atoms with Crippen molar-refractivity contribution >= 4 is 0 Å². The van der Waals surface area contributed by atoms with Crippen molar-refractivity contribution in [3.8, 4) is 0 Å². The minimum absolute atomic E-state index is 0.677. The van der Waals surface area contributed by atoms with Crippen LogP contribution in [0.3, 0.4) is 0 Å². The van der Waals surface area contributed by atoms with E-state index in [0.717, 1.165) is 35.5 Å². The van der Waals surface area contributed by atoms with Gasteiger partial charge in [0.1, 0.15) is 0 Å². The van der Waals surface area contributed by atoms with Gasteiger partial charge in [-0.3, -0.25) is 0 Å². The Balaban J connectivity index is 1.60. The van der Waals surface area contributed by atoms with E-state index in [9.17, 15) is 0 Å². The SMILES string of the molecule is CC1(C)C2CCC1C(C1CC3C=CC1C3)C2. The van der Waals surface area contributed by atoms with Gasteiger partial charge in [0.15, 0.2) is 0 Å². The van der Waals surface area contributed by atoms with Crippen LogP contribution in [-0.4, -0.2) is 0 Å². The second kappa shape index (κ2) is 2.94. The largest absolute Gasteiger partial charge is 0.0851 e. The van der Waals surface area contributed by atoms with Gasteiger partial charge in [0, 0.05) is 0 Å². The van der Waals surface area contributed by atoms with E-state index in [0.29, 0.717) is 5.41 Å². The zero-order chi connectivity index (χ0) is 10.9. The Morgan fingerprint density at radius 2 is 1.81 bits per heavy atom. The maximum Gasteiger partial charge on any atom is -0.0196 e. The smallest absolute Gasteiger partial charge is 0.0196 e. The molecule has 0 nitrogen and oxygen atoms in total. The molecule has 0 aromatic rings. The molecule has 4 bridgehead atoms. The maximum absolute atomic E-state index is 2.55. The molecule has 3 saturated carbocycles. The third-order valence-corrected chi connectivity index (χ3v) is 6.79. The van der Waals surface area contributed by atoms with Crippen LogP contribution in [0.1, 0.15) is 46.0 Å². The second-order valence-corrected chi connectivity index (χ2v) is 7.55. The van der Waals surface area contributed by atoms with Gasteiger partial charge in [0.05, 0.1) is 0 Å². The van der Waals surface area contributed by atoms with Crippen LogP contribution in [0.2, 0.25) is 0 Å². The van der Waals surface area contributed by atoms with Crippen molar-refractivity contribution < 1.29 is 0 Å². The highest BCUT2D eigenvalue weighted by atomic mass is 14.6. The fourth-order valence-corrected chi connectivity index (χ4v) is 5.90. The lowest BCUT2D eigenvalue weighted by molar-refractivity contribution is 0.167. The van der Waals surface area contributed by atoms with Crippen LogP contribution >= 0.6 is 0 Å². The minimum Gasteiger partial charge on any atom is -0.0851 e. The molecular weight excluding hydrogens is 192 g/mol. The van der Waals surface area contributed by atoms with E-state index < -0.39 is 0 Å². The summed E-state index contributed by atoms with van der Waals surface area (Å²) in [6, 6.07) is 0. The van der Waals surface area contributed by atoms with Gasteiger partial charge >= 0.3 is 0 Å². The molecule has 0 spiro atoms. The van der Waals surface area contributed by atoms with Crippen molar-refractivity contribution in [1.82, 2.24) is 0 Å². The number of allylic oxidation sites excluding steroid dienone is 2. The first-order chi connectivity index (χ1) is 7.66. The maximum atomic E-state index is 2.55. The number of rotatable bonds is 1. The Morgan fingerprint density at radius 3 is 2.31 bits per heavy atom. The van der Waals surface area contributed by atoms with Crippen LogP contribution in [0.5, 0.6) is 0 Å². The van der Waals surface area contributed by atoms with Crippen molar-refractivity contribution in [3.63, 3.8) is 0 Å². The summed E-state index contributed by atoms with van der Waals surface area (Å²) in [7, 11) is 0. The van der Waals surface area contributed by atoms with Gasteiger partial charge in [-0.05, 0) is 73.0 Å². The normalized spacial score (nSPS) is 56.4. The standard InChI is InChI=1S/C16H24/c1-16(2)12-5-6-15(16)14(9-12)13-8-10-3-4-11(13)7-10/h3-4,10-15H,5-9H2,1-2H3. The van der Waals surface area contributed by atoms with Gasteiger partial charge in [-0.1, -0.05) is 26.0 Å². The Morgan fingerprint density at radius 1 is 0.938 bits per heavy atom. The summed E-state index contributed by atoms with van der Waals surface area (Å²) in [4.78, 5) is 0. The summed E-state index contributed by atoms with van der Waals surface area (Å²) in [5, 5.41) is 0. The monoisotopic (exact) mass is 216 g/mol. The summed E-state index contributed by atoms with van der Waals surface area (Å²) in [5.74, 6) is 6.24.